The van der Waals surface area contributed by atoms with E-state index in [9.17, 15) is 0 Å². The Morgan fingerprint density at radius 3 is 3.11 bits per heavy atom. The number of ether oxygens (including phenoxy) is 1. The smallest absolute Gasteiger partial charge is 0.132 e. The molecule has 0 aliphatic heterocycles. The summed E-state index contributed by atoms with van der Waals surface area (Å²) in [6.07, 6.45) is 4.01. The van der Waals surface area contributed by atoms with Gasteiger partial charge >= 0.3 is 0 Å². The Kier molecular flexibility index (Phi) is 2.80. The van der Waals surface area contributed by atoms with Gasteiger partial charge in [-0.2, -0.15) is 5.10 Å². The summed E-state index contributed by atoms with van der Waals surface area (Å²) in [4.78, 5) is 0. The SMILES string of the molecule is Cn1ccc(COc2ccc3c(c2)CC[C@H]3N)n1. The molecule has 3 rings (SSSR count). The van der Waals surface area contributed by atoms with E-state index < -0.39 is 0 Å². The molecule has 0 saturated carbocycles. The third-order valence-electron chi connectivity index (χ3n) is 3.39. The standard InChI is InChI=1S/C14H17N3O/c1-17-7-6-11(16-17)9-18-12-3-4-13-10(8-12)2-5-14(13)15/h3-4,6-8,14H,2,5,9,15H2,1H3/t14-/m1/s1. The summed E-state index contributed by atoms with van der Waals surface area (Å²) in [6, 6.07) is 8.34. The van der Waals surface area contributed by atoms with Gasteiger partial charge in [-0.1, -0.05) is 6.07 Å². The molecule has 1 aliphatic rings. The molecule has 94 valence electrons. The molecule has 18 heavy (non-hydrogen) atoms. The Morgan fingerprint density at radius 1 is 1.44 bits per heavy atom. The maximum absolute atomic E-state index is 6.01. The van der Waals surface area contributed by atoms with Crippen LogP contribution in [0.5, 0.6) is 5.75 Å². The van der Waals surface area contributed by atoms with Crippen molar-refractivity contribution in [1.29, 1.82) is 0 Å². The van der Waals surface area contributed by atoms with E-state index in [1.807, 2.05) is 25.4 Å². The van der Waals surface area contributed by atoms with E-state index in [0.29, 0.717) is 6.61 Å². The van der Waals surface area contributed by atoms with E-state index in [1.54, 1.807) is 4.68 Å². The van der Waals surface area contributed by atoms with E-state index in [4.69, 9.17) is 10.5 Å². The van der Waals surface area contributed by atoms with Gasteiger partial charge in [0.1, 0.15) is 12.4 Å². The zero-order valence-electron chi connectivity index (χ0n) is 10.5. The fourth-order valence-corrected chi connectivity index (χ4v) is 2.41. The monoisotopic (exact) mass is 243 g/mol. The van der Waals surface area contributed by atoms with Crippen molar-refractivity contribution in [3.05, 3.63) is 47.3 Å². The summed E-state index contributed by atoms with van der Waals surface area (Å²) >= 11 is 0. The van der Waals surface area contributed by atoms with Crippen LogP contribution in [-0.2, 0) is 20.1 Å². The molecule has 0 radical (unpaired) electrons. The molecule has 0 saturated heterocycles. The van der Waals surface area contributed by atoms with Gasteiger partial charge in [0.05, 0.1) is 5.69 Å². The van der Waals surface area contributed by atoms with Crippen molar-refractivity contribution < 1.29 is 4.74 Å². The van der Waals surface area contributed by atoms with Gasteiger partial charge in [-0.05, 0) is 42.2 Å². The van der Waals surface area contributed by atoms with Gasteiger partial charge in [-0.15, -0.1) is 0 Å². The number of aromatic nitrogens is 2. The van der Waals surface area contributed by atoms with Crippen LogP contribution in [0.1, 0.15) is 29.3 Å². The van der Waals surface area contributed by atoms with E-state index in [0.717, 1.165) is 24.3 Å². The molecule has 4 heteroatoms. The largest absolute Gasteiger partial charge is 0.487 e. The van der Waals surface area contributed by atoms with Crippen LogP contribution in [0, 0.1) is 0 Å². The Hall–Kier alpha value is -1.81. The van der Waals surface area contributed by atoms with Gasteiger partial charge in [0.15, 0.2) is 0 Å². The summed E-state index contributed by atoms with van der Waals surface area (Å²) in [7, 11) is 1.90. The molecule has 0 amide bonds. The van der Waals surface area contributed by atoms with E-state index in [2.05, 4.69) is 17.2 Å². The lowest BCUT2D eigenvalue weighted by Crippen LogP contribution is -2.05. The predicted octanol–water partition coefficient (Wildman–Crippen LogP) is 1.95. The number of nitrogens with two attached hydrogens (primary N) is 1. The van der Waals surface area contributed by atoms with E-state index in [-0.39, 0.29) is 6.04 Å². The summed E-state index contributed by atoms with van der Waals surface area (Å²) in [5.74, 6) is 0.897. The van der Waals surface area contributed by atoms with Crippen molar-refractivity contribution in [2.75, 3.05) is 0 Å². The number of nitrogens with zero attached hydrogens (tertiary/aromatic N) is 2. The summed E-state index contributed by atoms with van der Waals surface area (Å²) < 4.78 is 7.53. The van der Waals surface area contributed by atoms with Crippen LogP contribution in [0.25, 0.3) is 0 Å². The maximum Gasteiger partial charge on any atom is 0.132 e. The third kappa shape index (κ3) is 2.11. The second-order valence-electron chi connectivity index (χ2n) is 4.78. The first-order valence-electron chi connectivity index (χ1n) is 6.22. The second kappa shape index (κ2) is 4.46. The molecular weight excluding hydrogens is 226 g/mol. The molecule has 1 atom stereocenters. The molecular formula is C14H17N3O. The zero-order chi connectivity index (χ0) is 12.5. The van der Waals surface area contributed by atoms with Gasteiger partial charge in [0, 0.05) is 19.3 Å². The van der Waals surface area contributed by atoms with Crippen molar-refractivity contribution in [3.63, 3.8) is 0 Å². The number of fused-ring (bicyclic) bond motifs is 1. The van der Waals surface area contributed by atoms with Gasteiger partial charge in [0.2, 0.25) is 0 Å². The number of benzene rings is 1. The number of rotatable bonds is 3. The fraction of sp³-hybridized carbons (Fsp3) is 0.357. The van der Waals surface area contributed by atoms with Gasteiger partial charge in [-0.3, -0.25) is 4.68 Å². The zero-order valence-corrected chi connectivity index (χ0v) is 10.5. The van der Waals surface area contributed by atoms with Crippen LogP contribution in [0.2, 0.25) is 0 Å². The fourth-order valence-electron chi connectivity index (χ4n) is 2.41. The third-order valence-corrected chi connectivity index (χ3v) is 3.39. The van der Waals surface area contributed by atoms with Crippen LogP contribution in [0.3, 0.4) is 0 Å². The Bertz CT molecular complexity index is 562. The minimum Gasteiger partial charge on any atom is -0.487 e. The van der Waals surface area contributed by atoms with Crippen LogP contribution >= 0.6 is 0 Å². The summed E-state index contributed by atoms with van der Waals surface area (Å²) in [5.41, 5.74) is 9.53. The maximum atomic E-state index is 6.01. The van der Waals surface area contributed by atoms with Crippen LogP contribution in [-0.4, -0.2) is 9.78 Å². The lowest BCUT2D eigenvalue weighted by atomic mass is 10.1. The Labute approximate surface area is 106 Å². The molecule has 1 aromatic carbocycles. The highest BCUT2D eigenvalue weighted by Gasteiger charge is 2.19. The topological polar surface area (TPSA) is 53.1 Å². The lowest BCUT2D eigenvalue weighted by Gasteiger charge is -2.08. The normalized spacial score (nSPS) is 17.8. The molecule has 0 unspecified atom stereocenters. The van der Waals surface area contributed by atoms with Crippen LogP contribution < -0.4 is 10.5 Å². The van der Waals surface area contributed by atoms with Gasteiger partial charge < -0.3 is 10.5 Å². The molecule has 0 fully saturated rings. The van der Waals surface area contributed by atoms with Crippen molar-refractivity contribution in [1.82, 2.24) is 9.78 Å². The van der Waals surface area contributed by atoms with E-state index >= 15 is 0 Å². The molecule has 2 N–H and O–H groups in total. The van der Waals surface area contributed by atoms with Crippen molar-refractivity contribution in [3.8, 4) is 5.75 Å². The summed E-state index contributed by atoms with van der Waals surface area (Å²) in [5, 5.41) is 4.28. The molecule has 1 aliphatic carbocycles. The average molecular weight is 243 g/mol. The first kappa shape index (κ1) is 11.3. The van der Waals surface area contributed by atoms with Gasteiger partial charge in [-0.25, -0.2) is 0 Å². The highest BCUT2D eigenvalue weighted by molar-refractivity contribution is 5.40. The van der Waals surface area contributed by atoms with Gasteiger partial charge in [0.25, 0.3) is 0 Å². The predicted molar refractivity (Wildman–Crippen MR) is 69.2 cm³/mol. The van der Waals surface area contributed by atoms with Crippen LogP contribution in [0.15, 0.2) is 30.5 Å². The highest BCUT2D eigenvalue weighted by atomic mass is 16.5. The molecule has 4 nitrogen and oxygen atoms in total. The van der Waals surface area contributed by atoms with Crippen molar-refractivity contribution >= 4 is 0 Å². The minimum atomic E-state index is 0.199. The minimum absolute atomic E-state index is 0.199. The van der Waals surface area contributed by atoms with Crippen LogP contribution in [0.4, 0.5) is 0 Å². The molecule has 1 aromatic heterocycles. The average Bonchev–Trinajstić information content (AvgIpc) is 2.94. The Balaban J connectivity index is 1.70. The molecule has 0 bridgehead atoms. The van der Waals surface area contributed by atoms with Crippen molar-refractivity contribution in [2.24, 2.45) is 12.8 Å². The number of hydrogen-bond acceptors (Lipinski definition) is 3. The quantitative estimate of drug-likeness (QED) is 0.896. The lowest BCUT2D eigenvalue weighted by molar-refractivity contribution is 0.300. The van der Waals surface area contributed by atoms with Crippen molar-refractivity contribution in [2.45, 2.75) is 25.5 Å². The molecule has 1 heterocycles. The number of aryl methyl sites for hydroxylation is 2. The molecule has 2 aromatic rings. The highest BCUT2D eigenvalue weighted by Crippen LogP contribution is 2.31. The first-order chi connectivity index (χ1) is 8.72. The summed E-state index contributed by atoms with van der Waals surface area (Å²) in [6.45, 7) is 0.506. The number of hydrogen-bond donors (Lipinski definition) is 1. The Morgan fingerprint density at radius 2 is 2.33 bits per heavy atom. The van der Waals surface area contributed by atoms with E-state index in [1.165, 1.54) is 11.1 Å². The first-order valence-corrected chi connectivity index (χ1v) is 6.22. The molecule has 0 spiro atoms. The second-order valence-corrected chi connectivity index (χ2v) is 4.78.